The van der Waals surface area contributed by atoms with Crippen LogP contribution in [0.2, 0.25) is 5.02 Å². The smallest absolute Gasteiger partial charge is 0.151 e. The van der Waals surface area contributed by atoms with E-state index in [9.17, 15) is 9.32 Å². The summed E-state index contributed by atoms with van der Waals surface area (Å²) in [5.74, 6) is 1.39. The van der Waals surface area contributed by atoms with Gasteiger partial charge in [-0.05, 0) is 36.4 Å². The molecule has 0 radical (unpaired) electrons. The lowest BCUT2D eigenvalue weighted by Gasteiger charge is -2.44. The van der Waals surface area contributed by atoms with Crippen LogP contribution in [0.4, 0.5) is 11.4 Å². The Labute approximate surface area is 198 Å². The van der Waals surface area contributed by atoms with Gasteiger partial charge in [0, 0.05) is 7.05 Å². The lowest BCUT2D eigenvalue weighted by Crippen LogP contribution is -2.60. The first kappa shape index (κ1) is 22.2. The predicted molar refractivity (Wildman–Crippen MR) is 129 cm³/mol. The number of rotatable bonds is 4. The lowest BCUT2D eigenvalue weighted by molar-refractivity contribution is -0.0242. The average Bonchev–Trinajstić information content (AvgIpc) is 2.84. The second-order valence-corrected chi connectivity index (χ2v) is 10.4. The van der Waals surface area contributed by atoms with E-state index in [-0.39, 0.29) is 6.61 Å². The molecule has 33 heavy (non-hydrogen) atoms. The Balaban J connectivity index is 1.50. The van der Waals surface area contributed by atoms with Crippen molar-refractivity contribution in [2.24, 2.45) is 4.36 Å². The number of para-hydroxylation sites is 4. The third-order valence-electron chi connectivity index (χ3n) is 5.90. The number of aliphatic hydroxyl groups excluding tert-OH is 1. The molecule has 2 aliphatic rings. The Kier molecular flexibility index (Phi) is 6.03. The third kappa shape index (κ3) is 3.98. The van der Waals surface area contributed by atoms with Gasteiger partial charge in [-0.2, -0.15) is 0 Å². The van der Waals surface area contributed by atoms with Crippen molar-refractivity contribution >= 4 is 32.9 Å². The van der Waals surface area contributed by atoms with E-state index in [1.165, 1.54) is 7.05 Å². The zero-order chi connectivity index (χ0) is 23.0. The number of nitrogens with one attached hydrogen (secondary N) is 1. The van der Waals surface area contributed by atoms with E-state index in [1.807, 2.05) is 53.4 Å². The molecule has 2 heterocycles. The molecular weight excluding hydrogens is 462 g/mol. The molecule has 4 unspecified atom stereocenters. The Morgan fingerprint density at radius 1 is 1.00 bits per heavy atom. The molecule has 2 N–H and O–H groups in total. The van der Waals surface area contributed by atoms with Crippen molar-refractivity contribution < 1.29 is 18.8 Å². The van der Waals surface area contributed by atoms with E-state index < -0.39 is 28.1 Å². The number of fused-ring (bicyclic) bond motifs is 2. The third-order valence-corrected chi connectivity index (χ3v) is 8.43. The summed E-state index contributed by atoms with van der Waals surface area (Å²) < 4.78 is 32.9. The minimum atomic E-state index is -3.08. The molecule has 3 aromatic carbocycles. The minimum Gasteiger partial charge on any atom is -0.453 e. The summed E-state index contributed by atoms with van der Waals surface area (Å²) in [6.07, 6.45) is -0.914. The number of aliphatic hydroxyl groups is 1. The molecular formula is C24H24ClN3O4S. The molecule has 1 saturated heterocycles. The molecule has 5 rings (SSSR count). The second kappa shape index (κ2) is 8.96. The maximum absolute atomic E-state index is 13.7. The van der Waals surface area contributed by atoms with Gasteiger partial charge in [0.05, 0.1) is 52.7 Å². The zero-order valence-electron chi connectivity index (χ0n) is 17.9. The van der Waals surface area contributed by atoms with E-state index in [2.05, 4.69) is 9.08 Å². The van der Waals surface area contributed by atoms with Gasteiger partial charge in [-0.15, -0.1) is 0 Å². The van der Waals surface area contributed by atoms with Gasteiger partial charge in [0.15, 0.2) is 11.5 Å². The largest absolute Gasteiger partial charge is 0.453 e. The Morgan fingerprint density at radius 2 is 1.61 bits per heavy atom. The number of hydrogen-bond acceptors (Lipinski definition) is 6. The van der Waals surface area contributed by atoms with E-state index in [4.69, 9.17) is 21.1 Å². The van der Waals surface area contributed by atoms with Crippen molar-refractivity contribution in [2.75, 3.05) is 25.2 Å². The van der Waals surface area contributed by atoms with E-state index in [0.717, 1.165) is 11.4 Å². The molecule has 0 bridgehead atoms. The number of nitrogens with zero attached hydrogens (tertiary/aromatic N) is 2. The fraction of sp³-hybridized carbons (Fsp3) is 0.250. The van der Waals surface area contributed by atoms with Crippen LogP contribution in [0.3, 0.4) is 0 Å². The highest BCUT2D eigenvalue weighted by atomic mass is 35.5. The van der Waals surface area contributed by atoms with Gasteiger partial charge in [0.25, 0.3) is 0 Å². The number of halogens is 1. The van der Waals surface area contributed by atoms with Crippen LogP contribution in [-0.4, -0.2) is 47.8 Å². The van der Waals surface area contributed by atoms with Crippen LogP contribution in [0, 0.1) is 0 Å². The van der Waals surface area contributed by atoms with Gasteiger partial charge < -0.3 is 19.5 Å². The van der Waals surface area contributed by atoms with Gasteiger partial charge >= 0.3 is 0 Å². The SMILES string of the molecule is CN=S(=O)(NC1COCC(N2c3ccccc3Oc3ccccc32)C1O)c1ccccc1Cl. The standard InChI is InChI=1S/C24H24ClN3O4S/c1-26-33(30,23-13-7-2-8-16(23)25)27-17-14-31-15-20(24(17)29)28-18-9-3-5-11-21(18)32-22-12-6-4-10-19(22)28/h2-13,17,20,24,29H,14-15H2,1H3,(H,26,27,30). The van der Waals surface area contributed by atoms with Crippen molar-refractivity contribution in [3.05, 3.63) is 77.8 Å². The number of benzene rings is 3. The van der Waals surface area contributed by atoms with Crippen molar-refractivity contribution in [2.45, 2.75) is 23.1 Å². The van der Waals surface area contributed by atoms with E-state index >= 15 is 0 Å². The summed E-state index contributed by atoms with van der Waals surface area (Å²) >= 11 is 6.31. The summed E-state index contributed by atoms with van der Waals surface area (Å²) in [5, 5.41) is 11.8. The monoisotopic (exact) mass is 485 g/mol. The maximum atomic E-state index is 13.7. The lowest BCUT2D eigenvalue weighted by atomic mass is 9.98. The molecule has 0 spiro atoms. The van der Waals surface area contributed by atoms with Crippen LogP contribution < -0.4 is 14.4 Å². The molecule has 2 aliphatic heterocycles. The van der Waals surface area contributed by atoms with Crippen molar-refractivity contribution in [3.63, 3.8) is 0 Å². The molecule has 4 atom stereocenters. The highest BCUT2D eigenvalue weighted by Crippen LogP contribution is 2.48. The molecule has 7 nitrogen and oxygen atoms in total. The van der Waals surface area contributed by atoms with Gasteiger partial charge in [-0.3, -0.25) is 0 Å². The average molecular weight is 486 g/mol. The highest BCUT2D eigenvalue weighted by molar-refractivity contribution is 7.91. The van der Waals surface area contributed by atoms with Crippen LogP contribution in [0.15, 0.2) is 82.1 Å². The van der Waals surface area contributed by atoms with Gasteiger partial charge in [-0.25, -0.2) is 13.3 Å². The van der Waals surface area contributed by atoms with Crippen molar-refractivity contribution in [1.29, 1.82) is 0 Å². The Hall–Kier alpha value is -2.62. The van der Waals surface area contributed by atoms with Gasteiger partial charge in [0.1, 0.15) is 9.92 Å². The minimum absolute atomic E-state index is 0.183. The van der Waals surface area contributed by atoms with Crippen molar-refractivity contribution in [1.82, 2.24) is 4.72 Å². The molecule has 3 aromatic rings. The second-order valence-electron chi connectivity index (χ2n) is 7.87. The Bertz CT molecular complexity index is 1250. The number of ether oxygens (including phenoxy) is 2. The van der Waals surface area contributed by atoms with Crippen LogP contribution in [0.1, 0.15) is 0 Å². The normalized spacial score (nSPS) is 23.6. The molecule has 9 heteroatoms. The zero-order valence-corrected chi connectivity index (χ0v) is 19.5. The number of anilines is 2. The molecule has 1 fully saturated rings. The molecule has 172 valence electrons. The first-order valence-electron chi connectivity index (χ1n) is 10.6. The van der Waals surface area contributed by atoms with Gasteiger partial charge in [-0.1, -0.05) is 48.0 Å². The fourth-order valence-corrected chi connectivity index (χ4v) is 6.38. The molecule has 0 aliphatic carbocycles. The quantitative estimate of drug-likeness (QED) is 0.573. The van der Waals surface area contributed by atoms with Crippen LogP contribution in [-0.2, 0) is 14.7 Å². The summed E-state index contributed by atoms with van der Waals surface area (Å²) in [6.45, 7) is 0.473. The fourth-order valence-electron chi connectivity index (χ4n) is 4.29. The van der Waals surface area contributed by atoms with Gasteiger partial charge in [0.2, 0.25) is 0 Å². The van der Waals surface area contributed by atoms with Crippen LogP contribution in [0.25, 0.3) is 0 Å². The number of hydrogen-bond donors (Lipinski definition) is 2. The summed E-state index contributed by atoms with van der Waals surface area (Å²) in [7, 11) is -1.61. The van der Waals surface area contributed by atoms with Crippen LogP contribution >= 0.6 is 11.6 Å². The first-order chi connectivity index (χ1) is 16.0. The molecule has 0 amide bonds. The maximum Gasteiger partial charge on any atom is 0.151 e. The van der Waals surface area contributed by atoms with E-state index in [0.29, 0.717) is 28.0 Å². The first-order valence-corrected chi connectivity index (χ1v) is 12.5. The topological polar surface area (TPSA) is 83.4 Å². The summed E-state index contributed by atoms with van der Waals surface area (Å²) in [6, 6.07) is 21.1. The van der Waals surface area contributed by atoms with E-state index in [1.54, 1.807) is 24.3 Å². The van der Waals surface area contributed by atoms with Crippen molar-refractivity contribution in [3.8, 4) is 11.5 Å². The summed E-state index contributed by atoms with van der Waals surface area (Å²) in [5.41, 5.74) is 1.66. The highest BCUT2D eigenvalue weighted by Gasteiger charge is 2.41. The molecule has 0 saturated carbocycles. The molecule has 0 aromatic heterocycles. The summed E-state index contributed by atoms with van der Waals surface area (Å²) in [4.78, 5) is 2.41. The van der Waals surface area contributed by atoms with Crippen LogP contribution in [0.5, 0.6) is 11.5 Å². The predicted octanol–water partition coefficient (Wildman–Crippen LogP) is 4.37. The Morgan fingerprint density at radius 3 is 2.24 bits per heavy atom.